The van der Waals surface area contributed by atoms with E-state index in [0.717, 1.165) is 30.6 Å². The predicted molar refractivity (Wildman–Crippen MR) is 82.5 cm³/mol. The van der Waals surface area contributed by atoms with E-state index < -0.39 is 0 Å². The molecule has 1 unspecified atom stereocenters. The lowest BCUT2D eigenvalue weighted by Gasteiger charge is -2.35. The van der Waals surface area contributed by atoms with Gasteiger partial charge in [-0.2, -0.15) is 0 Å². The van der Waals surface area contributed by atoms with Crippen molar-refractivity contribution in [3.63, 3.8) is 0 Å². The number of rotatable bonds is 8. The van der Waals surface area contributed by atoms with Gasteiger partial charge in [-0.05, 0) is 47.9 Å². The summed E-state index contributed by atoms with van der Waals surface area (Å²) in [6.45, 7) is 11.2. The fourth-order valence-corrected chi connectivity index (χ4v) is 2.28. The topological polar surface area (TPSA) is 21.3 Å². The van der Waals surface area contributed by atoms with Crippen LogP contribution in [0.25, 0.3) is 0 Å². The van der Waals surface area contributed by atoms with E-state index in [4.69, 9.17) is 4.74 Å². The van der Waals surface area contributed by atoms with Gasteiger partial charge in [-0.25, -0.2) is 4.39 Å². The van der Waals surface area contributed by atoms with Crippen molar-refractivity contribution in [2.75, 3.05) is 26.8 Å². The molecule has 1 aromatic rings. The van der Waals surface area contributed by atoms with Crippen molar-refractivity contribution in [1.29, 1.82) is 0 Å². The molecule has 3 heteroatoms. The highest BCUT2D eigenvalue weighted by Gasteiger charge is 2.28. The van der Waals surface area contributed by atoms with Gasteiger partial charge in [-0.15, -0.1) is 0 Å². The van der Waals surface area contributed by atoms with Crippen molar-refractivity contribution in [2.45, 2.75) is 34.1 Å². The Labute approximate surface area is 122 Å². The Balaban J connectivity index is 2.77. The summed E-state index contributed by atoms with van der Waals surface area (Å²) in [4.78, 5) is 0. The summed E-state index contributed by atoms with van der Waals surface area (Å²) < 4.78 is 18.5. The molecule has 114 valence electrons. The predicted octanol–water partition coefficient (Wildman–Crippen LogP) is 3.57. The lowest BCUT2D eigenvalue weighted by Crippen LogP contribution is -2.39. The summed E-state index contributed by atoms with van der Waals surface area (Å²) in [5.41, 5.74) is 2.37. The van der Waals surface area contributed by atoms with Gasteiger partial charge in [-0.3, -0.25) is 0 Å². The standard InChI is InChI=1S/C17H28FNO/c1-13(2)17(4,12-19-8-9-20-5)11-15-10-16(18)7-6-14(15)3/h6-7,10,13,19H,8-9,11-12H2,1-5H3. The van der Waals surface area contributed by atoms with Crippen molar-refractivity contribution in [3.8, 4) is 0 Å². The van der Waals surface area contributed by atoms with E-state index in [1.54, 1.807) is 13.2 Å². The van der Waals surface area contributed by atoms with Gasteiger partial charge in [0.2, 0.25) is 0 Å². The Hall–Kier alpha value is -0.930. The molecule has 0 amide bonds. The molecule has 1 rings (SSSR count). The summed E-state index contributed by atoms with van der Waals surface area (Å²) in [6.07, 6.45) is 0.883. The smallest absolute Gasteiger partial charge is 0.123 e. The van der Waals surface area contributed by atoms with E-state index in [0.29, 0.717) is 12.5 Å². The van der Waals surface area contributed by atoms with Crippen molar-refractivity contribution in [1.82, 2.24) is 5.32 Å². The van der Waals surface area contributed by atoms with Gasteiger partial charge < -0.3 is 10.1 Å². The third-order valence-electron chi connectivity index (χ3n) is 4.31. The molecular formula is C17H28FNO. The molecule has 1 atom stereocenters. The number of halogens is 1. The number of aryl methyl sites for hydroxylation is 1. The summed E-state index contributed by atoms with van der Waals surface area (Å²) >= 11 is 0. The van der Waals surface area contributed by atoms with Gasteiger partial charge >= 0.3 is 0 Å². The quantitative estimate of drug-likeness (QED) is 0.735. The monoisotopic (exact) mass is 281 g/mol. The first-order chi connectivity index (χ1) is 9.39. The molecule has 0 saturated carbocycles. The van der Waals surface area contributed by atoms with Crippen LogP contribution in [0.1, 0.15) is 31.9 Å². The average Bonchev–Trinajstić information content (AvgIpc) is 2.39. The molecule has 0 fully saturated rings. The molecule has 2 nitrogen and oxygen atoms in total. The SMILES string of the molecule is COCCNCC(C)(Cc1cc(F)ccc1C)C(C)C. The zero-order valence-corrected chi connectivity index (χ0v) is 13.4. The average molecular weight is 281 g/mol. The van der Waals surface area contributed by atoms with Crippen molar-refractivity contribution in [2.24, 2.45) is 11.3 Å². The van der Waals surface area contributed by atoms with Gasteiger partial charge in [0.05, 0.1) is 6.61 Å². The summed E-state index contributed by atoms with van der Waals surface area (Å²) in [7, 11) is 1.71. The first-order valence-corrected chi connectivity index (χ1v) is 7.34. The Morgan fingerprint density at radius 1 is 1.35 bits per heavy atom. The van der Waals surface area contributed by atoms with Crippen LogP contribution in [0.2, 0.25) is 0 Å². The summed E-state index contributed by atoms with van der Waals surface area (Å²) in [6, 6.07) is 5.07. The van der Waals surface area contributed by atoms with E-state index in [1.165, 1.54) is 6.07 Å². The van der Waals surface area contributed by atoms with E-state index >= 15 is 0 Å². The molecule has 1 N–H and O–H groups in total. The minimum absolute atomic E-state index is 0.103. The van der Waals surface area contributed by atoms with Crippen LogP contribution in [0, 0.1) is 24.1 Å². The number of nitrogens with one attached hydrogen (secondary N) is 1. The maximum atomic E-state index is 13.4. The van der Waals surface area contributed by atoms with Crippen LogP contribution < -0.4 is 5.32 Å². The molecule has 0 aromatic heterocycles. The largest absolute Gasteiger partial charge is 0.383 e. The Morgan fingerprint density at radius 3 is 2.65 bits per heavy atom. The maximum absolute atomic E-state index is 13.4. The van der Waals surface area contributed by atoms with E-state index in [-0.39, 0.29) is 11.2 Å². The molecule has 0 heterocycles. The second kappa shape index (κ2) is 7.75. The number of benzene rings is 1. The maximum Gasteiger partial charge on any atom is 0.123 e. The molecular weight excluding hydrogens is 253 g/mol. The minimum Gasteiger partial charge on any atom is -0.383 e. The fraction of sp³-hybridized carbons (Fsp3) is 0.647. The molecule has 0 spiro atoms. The first kappa shape index (κ1) is 17.1. The van der Waals surface area contributed by atoms with Crippen molar-refractivity contribution < 1.29 is 9.13 Å². The van der Waals surface area contributed by atoms with Crippen LogP contribution in [-0.4, -0.2) is 26.8 Å². The second-order valence-electron chi connectivity index (χ2n) is 6.23. The highest BCUT2D eigenvalue weighted by Crippen LogP contribution is 2.32. The highest BCUT2D eigenvalue weighted by molar-refractivity contribution is 5.27. The first-order valence-electron chi connectivity index (χ1n) is 7.34. The Kier molecular flexibility index (Phi) is 6.63. The van der Waals surface area contributed by atoms with E-state index in [9.17, 15) is 4.39 Å². The van der Waals surface area contributed by atoms with Crippen molar-refractivity contribution in [3.05, 3.63) is 35.1 Å². The Bertz CT molecular complexity index is 419. The van der Waals surface area contributed by atoms with Crippen LogP contribution in [0.4, 0.5) is 4.39 Å². The molecule has 0 radical (unpaired) electrons. The lowest BCUT2D eigenvalue weighted by atomic mass is 9.73. The summed E-state index contributed by atoms with van der Waals surface area (Å²) in [5.74, 6) is 0.365. The second-order valence-corrected chi connectivity index (χ2v) is 6.23. The zero-order valence-electron chi connectivity index (χ0n) is 13.4. The molecule has 0 aliphatic heterocycles. The van der Waals surface area contributed by atoms with Crippen LogP contribution in [-0.2, 0) is 11.2 Å². The number of methoxy groups -OCH3 is 1. The van der Waals surface area contributed by atoms with E-state index in [1.807, 2.05) is 13.0 Å². The molecule has 0 aliphatic rings. The third-order valence-corrected chi connectivity index (χ3v) is 4.31. The van der Waals surface area contributed by atoms with Crippen LogP contribution in [0.3, 0.4) is 0 Å². The zero-order chi connectivity index (χ0) is 15.2. The number of ether oxygens (including phenoxy) is 1. The number of hydrogen-bond acceptors (Lipinski definition) is 2. The van der Waals surface area contributed by atoms with Crippen molar-refractivity contribution >= 4 is 0 Å². The normalized spacial score (nSPS) is 14.6. The minimum atomic E-state index is -0.149. The lowest BCUT2D eigenvalue weighted by molar-refractivity contribution is 0.175. The van der Waals surface area contributed by atoms with E-state index in [2.05, 4.69) is 26.1 Å². The highest BCUT2D eigenvalue weighted by atomic mass is 19.1. The van der Waals surface area contributed by atoms with Gasteiger partial charge in [0.25, 0.3) is 0 Å². The van der Waals surface area contributed by atoms with Crippen LogP contribution in [0.15, 0.2) is 18.2 Å². The van der Waals surface area contributed by atoms with Gasteiger partial charge in [0, 0.05) is 20.2 Å². The van der Waals surface area contributed by atoms with Gasteiger partial charge in [0.15, 0.2) is 0 Å². The van der Waals surface area contributed by atoms with Gasteiger partial charge in [-0.1, -0.05) is 26.8 Å². The molecule has 0 aliphatic carbocycles. The Morgan fingerprint density at radius 2 is 2.05 bits per heavy atom. The molecule has 0 saturated heterocycles. The fourth-order valence-electron chi connectivity index (χ4n) is 2.28. The molecule has 0 bridgehead atoms. The molecule has 1 aromatic carbocycles. The van der Waals surface area contributed by atoms with Gasteiger partial charge in [0.1, 0.15) is 5.82 Å². The summed E-state index contributed by atoms with van der Waals surface area (Å²) in [5, 5.41) is 3.44. The molecule has 20 heavy (non-hydrogen) atoms. The number of hydrogen-bond donors (Lipinski definition) is 1. The van der Waals surface area contributed by atoms with Crippen LogP contribution >= 0.6 is 0 Å². The third kappa shape index (κ3) is 4.88. The van der Waals surface area contributed by atoms with Crippen LogP contribution in [0.5, 0.6) is 0 Å².